The third kappa shape index (κ3) is 41.4. The molecule has 0 saturated carbocycles. The van der Waals surface area contributed by atoms with Gasteiger partial charge in [0.15, 0.2) is 6.10 Å². The average molecular weight is 808 g/mol. The van der Waals surface area contributed by atoms with E-state index in [0.717, 1.165) is 44.9 Å². The van der Waals surface area contributed by atoms with Gasteiger partial charge < -0.3 is 33.0 Å². The number of hydrogen-bond donors (Lipinski definition) is 1. The molecule has 0 heterocycles. The number of nitrogens with zero attached hydrogens (tertiary/aromatic N) is 1. The maximum Gasteiger partial charge on any atom is 0.305 e. The summed E-state index contributed by atoms with van der Waals surface area (Å²) in [5.41, 5.74) is 0. The second kappa shape index (κ2) is 38.3. The summed E-state index contributed by atoms with van der Waals surface area (Å²) in [6.45, 7) is 4.49. The molecule has 10 heteroatoms. The third-order valence-corrected chi connectivity index (χ3v) is 9.86. The number of carbonyl (C=O) groups is 1. The maximum atomic E-state index is 12.5. The van der Waals surface area contributed by atoms with E-state index in [1.807, 2.05) is 63.7 Å². The zero-order valence-corrected chi connectivity index (χ0v) is 37.1. The number of unbranched alkanes of at least 4 members (excludes halogenated alkanes) is 15. The molecule has 56 heavy (non-hydrogen) atoms. The lowest BCUT2D eigenvalue weighted by Gasteiger charge is -2.28. The molecule has 324 valence electrons. The van der Waals surface area contributed by atoms with Crippen LogP contribution in [0.4, 0.5) is 0 Å². The minimum Gasteiger partial charge on any atom is -0.756 e. The molecule has 0 bridgehead atoms. The summed E-state index contributed by atoms with van der Waals surface area (Å²) in [6, 6.07) is 0. The van der Waals surface area contributed by atoms with Crippen molar-refractivity contribution < 1.29 is 42.4 Å². The van der Waals surface area contributed by atoms with E-state index in [9.17, 15) is 19.4 Å². The minimum atomic E-state index is -4.55. The van der Waals surface area contributed by atoms with Gasteiger partial charge in [-0.15, -0.1) is 0 Å². The second-order valence-electron chi connectivity index (χ2n) is 15.6. The van der Waals surface area contributed by atoms with Gasteiger partial charge in [0.2, 0.25) is 0 Å². The molecular formula is C46H82NO8P. The summed E-state index contributed by atoms with van der Waals surface area (Å²) < 4.78 is 34.2. The molecule has 0 aliphatic heterocycles. The van der Waals surface area contributed by atoms with Crippen LogP contribution in [-0.4, -0.2) is 75.3 Å². The molecule has 3 atom stereocenters. The molecule has 1 unspecified atom stereocenters. The number of aliphatic hydroxyl groups excluding tert-OH is 1. The van der Waals surface area contributed by atoms with Crippen molar-refractivity contribution >= 4 is 13.8 Å². The van der Waals surface area contributed by atoms with E-state index < -0.39 is 20.0 Å². The van der Waals surface area contributed by atoms with Crippen LogP contribution in [0, 0.1) is 0 Å². The van der Waals surface area contributed by atoms with Crippen molar-refractivity contribution in [3.63, 3.8) is 0 Å². The number of esters is 1. The van der Waals surface area contributed by atoms with Gasteiger partial charge in [0.25, 0.3) is 7.82 Å². The van der Waals surface area contributed by atoms with Gasteiger partial charge in [0.1, 0.15) is 19.8 Å². The fraction of sp³-hybridized carbons (Fsp3) is 0.717. The summed E-state index contributed by atoms with van der Waals surface area (Å²) in [5.74, 6) is -0.379. The number of carbonyl (C=O) groups excluding carboxylic acids is 1. The van der Waals surface area contributed by atoms with Crippen LogP contribution in [0.15, 0.2) is 73.1 Å². The Balaban J connectivity index is 4.48. The van der Waals surface area contributed by atoms with Crippen molar-refractivity contribution in [3.8, 4) is 0 Å². The van der Waals surface area contributed by atoms with Crippen LogP contribution < -0.4 is 4.89 Å². The predicted octanol–water partition coefficient (Wildman–Crippen LogP) is 11.4. The zero-order chi connectivity index (χ0) is 41.4. The highest BCUT2D eigenvalue weighted by Gasteiger charge is 2.19. The minimum absolute atomic E-state index is 0.00297. The quantitative estimate of drug-likeness (QED) is 0.0124. The Kier molecular flexibility index (Phi) is 36.7. The number of hydrogen-bond acceptors (Lipinski definition) is 8. The van der Waals surface area contributed by atoms with Gasteiger partial charge in [-0.25, -0.2) is 0 Å². The summed E-state index contributed by atoms with van der Waals surface area (Å²) in [7, 11) is 1.28. The highest BCUT2D eigenvalue weighted by Crippen LogP contribution is 2.38. The number of phosphoric ester groups is 1. The van der Waals surface area contributed by atoms with E-state index in [2.05, 4.69) is 32.1 Å². The van der Waals surface area contributed by atoms with Gasteiger partial charge in [-0.3, -0.25) is 9.36 Å². The largest absolute Gasteiger partial charge is 0.756 e. The normalized spacial score (nSPS) is 15.0. The SMILES string of the molecule is CCCCC/C=C\C=C/[C@@H](O)C/C=C\C/C=C/CCCC(=O)OC[C@H](COP(=O)([O-])OCC[N+](C)(C)C)O/C=C/CCCCCC/C=C\CCCCCCCC. The third-order valence-electron chi connectivity index (χ3n) is 8.90. The number of ether oxygens (including phenoxy) is 2. The molecule has 0 aliphatic rings. The molecule has 0 fully saturated rings. The summed E-state index contributed by atoms with van der Waals surface area (Å²) in [4.78, 5) is 24.8. The van der Waals surface area contributed by atoms with Crippen LogP contribution >= 0.6 is 7.82 Å². The number of likely N-dealkylation sites (N-methyl/N-ethyl adjacent to an activating group) is 1. The lowest BCUT2D eigenvalue weighted by molar-refractivity contribution is -0.870. The average Bonchev–Trinajstić information content (AvgIpc) is 3.15. The van der Waals surface area contributed by atoms with Crippen LogP contribution in [0.1, 0.15) is 155 Å². The predicted molar refractivity (Wildman–Crippen MR) is 232 cm³/mol. The van der Waals surface area contributed by atoms with Crippen LogP contribution in [-0.2, 0) is 27.9 Å². The first-order valence-corrected chi connectivity index (χ1v) is 23.3. The summed E-state index contributed by atoms with van der Waals surface area (Å²) in [6.07, 6.45) is 46.1. The number of rotatable bonds is 39. The number of allylic oxidation sites excluding steroid dienone is 9. The molecule has 0 rings (SSSR count). The van der Waals surface area contributed by atoms with Gasteiger partial charge in [0, 0.05) is 6.42 Å². The van der Waals surface area contributed by atoms with Gasteiger partial charge >= 0.3 is 5.97 Å². The topological polar surface area (TPSA) is 114 Å². The van der Waals surface area contributed by atoms with Gasteiger partial charge in [-0.05, 0) is 83.1 Å². The van der Waals surface area contributed by atoms with Crippen molar-refractivity contribution in [2.24, 2.45) is 0 Å². The fourth-order valence-electron chi connectivity index (χ4n) is 5.36. The van der Waals surface area contributed by atoms with Gasteiger partial charge in [-0.1, -0.05) is 132 Å². The first-order chi connectivity index (χ1) is 27.0. The molecule has 0 saturated heterocycles. The fourth-order valence-corrected chi connectivity index (χ4v) is 6.09. The molecule has 9 nitrogen and oxygen atoms in total. The van der Waals surface area contributed by atoms with Crippen molar-refractivity contribution in [1.29, 1.82) is 0 Å². The molecule has 0 radical (unpaired) electrons. The first kappa shape index (κ1) is 53.7. The summed E-state index contributed by atoms with van der Waals surface area (Å²) in [5, 5.41) is 10.1. The lowest BCUT2D eigenvalue weighted by atomic mass is 10.1. The second-order valence-corrected chi connectivity index (χ2v) is 17.0. The zero-order valence-electron chi connectivity index (χ0n) is 36.2. The molecule has 0 amide bonds. The van der Waals surface area contributed by atoms with Crippen LogP contribution in [0.5, 0.6) is 0 Å². The number of phosphoric acid groups is 1. The first-order valence-electron chi connectivity index (χ1n) is 21.8. The number of aliphatic hydroxyl groups is 1. The monoisotopic (exact) mass is 808 g/mol. The van der Waals surface area contributed by atoms with Crippen molar-refractivity contribution in [2.75, 3.05) is 47.5 Å². The van der Waals surface area contributed by atoms with Crippen LogP contribution in [0.25, 0.3) is 0 Å². The standard InChI is InChI=1S/C46H82NO8P/c1-6-8-10-12-14-15-16-17-18-19-20-21-22-27-31-35-40-52-45(43-55-56(50,51)54-41-39-47(3,4)5)42-53-46(49)38-34-30-26-23-25-29-33-37-44(48)36-32-28-24-13-11-9-7-2/h17-18,23-24,26,28-29,32-33,35-36,40,44-45,48H,6-16,19-22,25,27,30-31,34,37-39,41-43H2,1-5H3/b18-17-,26-23+,28-24-,33-29-,36-32-,40-35+/t44-,45-/m1/s1. The Morgan fingerprint density at radius 2 is 1.23 bits per heavy atom. The number of quaternary nitrogens is 1. The molecule has 1 N–H and O–H groups in total. The molecule has 0 aliphatic carbocycles. The van der Waals surface area contributed by atoms with Crippen molar-refractivity contribution in [3.05, 3.63) is 73.1 Å². The van der Waals surface area contributed by atoms with E-state index in [1.165, 1.54) is 77.0 Å². The Morgan fingerprint density at radius 1 is 0.679 bits per heavy atom. The molecule has 0 aromatic carbocycles. The Morgan fingerprint density at radius 3 is 1.91 bits per heavy atom. The molecule has 0 spiro atoms. The Bertz CT molecular complexity index is 1140. The van der Waals surface area contributed by atoms with E-state index in [-0.39, 0.29) is 32.2 Å². The maximum absolute atomic E-state index is 12.5. The van der Waals surface area contributed by atoms with Crippen molar-refractivity contribution in [1.82, 2.24) is 0 Å². The Labute approximate surface area is 343 Å². The lowest BCUT2D eigenvalue weighted by Crippen LogP contribution is -2.37. The van der Waals surface area contributed by atoms with Crippen LogP contribution in [0.2, 0.25) is 0 Å². The summed E-state index contributed by atoms with van der Waals surface area (Å²) >= 11 is 0. The van der Waals surface area contributed by atoms with E-state index in [4.69, 9.17) is 18.5 Å². The molecule has 0 aromatic rings. The van der Waals surface area contributed by atoms with Crippen molar-refractivity contribution in [2.45, 2.75) is 167 Å². The highest BCUT2D eigenvalue weighted by atomic mass is 31.2. The van der Waals surface area contributed by atoms with E-state index >= 15 is 0 Å². The van der Waals surface area contributed by atoms with E-state index in [1.54, 1.807) is 12.3 Å². The highest BCUT2D eigenvalue weighted by molar-refractivity contribution is 7.45. The smallest absolute Gasteiger partial charge is 0.305 e. The Hall–Kier alpha value is -2.26. The van der Waals surface area contributed by atoms with Crippen LogP contribution in [0.3, 0.4) is 0 Å². The van der Waals surface area contributed by atoms with E-state index in [0.29, 0.717) is 23.9 Å². The molecule has 0 aromatic heterocycles. The van der Waals surface area contributed by atoms with Gasteiger partial charge in [-0.2, -0.15) is 0 Å². The molecular weight excluding hydrogens is 725 g/mol. The van der Waals surface area contributed by atoms with Gasteiger partial charge in [0.05, 0.1) is 40.1 Å².